The normalized spacial score (nSPS) is 14.1. The van der Waals surface area contributed by atoms with Gasteiger partial charge in [-0.1, -0.05) is 13.0 Å². The van der Waals surface area contributed by atoms with Gasteiger partial charge in [-0.2, -0.15) is 0 Å². The Balaban J connectivity index is 4.03. The van der Waals surface area contributed by atoms with Gasteiger partial charge in [0, 0.05) is 0 Å². The molecule has 0 N–H and O–H groups in total. The zero-order chi connectivity index (χ0) is 7.49. The smallest absolute Gasteiger partial charge is 0.126 e. The Hall–Kier alpha value is -0.330. The summed E-state index contributed by atoms with van der Waals surface area (Å²) < 4.78 is 12.9. The van der Waals surface area contributed by atoms with Crippen LogP contribution in [0, 0.1) is 0 Å². The molecule has 0 atom stereocenters. The highest BCUT2D eigenvalue weighted by atomic mass is 19.1. The molecule has 0 aromatic rings. The molecule has 0 aromatic carbocycles. The van der Waals surface area contributed by atoms with E-state index in [1.54, 1.807) is 13.8 Å². The minimum absolute atomic E-state index is 0.824. The van der Waals surface area contributed by atoms with Gasteiger partial charge in [0.15, 0.2) is 0 Å². The van der Waals surface area contributed by atoms with Crippen LogP contribution < -0.4 is 0 Å². The molecule has 0 aromatic heterocycles. The quantitative estimate of drug-likeness (QED) is 0.504. The summed E-state index contributed by atoms with van der Waals surface area (Å²) in [6, 6.07) is 0. The van der Waals surface area contributed by atoms with E-state index in [2.05, 4.69) is 0 Å². The Bertz CT molecular complexity index is 106. The van der Waals surface area contributed by atoms with Gasteiger partial charge >= 0.3 is 0 Å². The molecule has 0 aliphatic carbocycles. The second kappa shape index (κ2) is 3.00. The summed E-state index contributed by atoms with van der Waals surface area (Å²) in [7, 11) is 0. The molecular weight excluding hydrogens is 115 g/mol. The average Bonchev–Trinajstić information content (AvgIpc) is 1.64. The first kappa shape index (κ1) is 8.67. The minimum atomic E-state index is -1.13. The van der Waals surface area contributed by atoms with E-state index in [1.165, 1.54) is 0 Å². The molecule has 0 aliphatic heterocycles. The monoisotopic (exact) mass is 130 g/mol. The Morgan fingerprint density at radius 2 is 2.00 bits per heavy atom. The van der Waals surface area contributed by atoms with Crippen LogP contribution in [0.15, 0.2) is 11.6 Å². The first-order chi connectivity index (χ1) is 3.98. The van der Waals surface area contributed by atoms with Gasteiger partial charge in [0.05, 0.1) is 0 Å². The van der Waals surface area contributed by atoms with Crippen LogP contribution in [0.2, 0.25) is 0 Å². The van der Waals surface area contributed by atoms with Crippen molar-refractivity contribution < 1.29 is 4.39 Å². The fraction of sp³-hybridized carbons (Fsp3) is 0.750. The van der Waals surface area contributed by atoms with Gasteiger partial charge in [-0.25, -0.2) is 4.39 Å². The van der Waals surface area contributed by atoms with E-state index in [1.807, 2.05) is 19.9 Å². The van der Waals surface area contributed by atoms with E-state index in [0.717, 1.165) is 12.0 Å². The van der Waals surface area contributed by atoms with Crippen molar-refractivity contribution >= 4 is 0 Å². The lowest BCUT2D eigenvalue weighted by Crippen LogP contribution is -2.12. The van der Waals surface area contributed by atoms with E-state index >= 15 is 0 Å². The van der Waals surface area contributed by atoms with Gasteiger partial charge < -0.3 is 0 Å². The summed E-state index contributed by atoms with van der Waals surface area (Å²) >= 11 is 0. The molecule has 0 amide bonds. The zero-order valence-corrected chi connectivity index (χ0v) is 6.66. The Kier molecular flexibility index (Phi) is 2.89. The molecule has 0 saturated carbocycles. The van der Waals surface area contributed by atoms with Gasteiger partial charge in [0.2, 0.25) is 0 Å². The van der Waals surface area contributed by atoms with Gasteiger partial charge in [-0.15, -0.1) is 0 Å². The van der Waals surface area contributed by atoms with E-state index in [-0.39, 0.29) is 0 Å². The number of rotatable bonds is 2. The van der Waals surface area contributed by atoms with Crippen LogP contribution >= 0.6 is 0 Å². The van der Waals surface area contributed by atoms with Crippen molar-refractivity contribution in [2.75, 3.05) is 0 Å². The van der Waals surface area contributed by atoms with Crippen molar-refractivity contribution in [3.8, 4) is 0 Å². The highest BCUT2D eigenvalue weighted by molar-refractivity contribution is 5.10. The summed E-state index contributed by atoms with van der Waals surface area (Å²) in [5.41, 5.74) is -0.305. The predicted molar refractivity (Wildman–Crippen MR) is 39.2 cm³/mol. The molecule has 0 unspecified atom stereocenters. The van der Waals surface area contributed by atoms with E-state index < -0.39 is 5.67 Å². The number of hydrogen-bond donors (Lipinski definition) is 0. The molecule has 0 saturated heterocycles. The molecule has 0 fully saturated rings. The summed E-state index contributed by atoms with van der Waals surface area (Å²) in [6.07, 6.45) is 2.83. The maximum absolute atomic E-state index is 12.9. The van der Waals surface area contributed by atoms with Gasteiger partial charge in [0.1, 0.15) is 5.67 Å². The lowest BCUT2D eigenvalue weighted by Gasteiger charge is -2.14. The van der Waals surface area contributed by atoms with Crippen LogP contribution in [0.1, 0.15) is 34.1 Å². The topological polar surface area (TPSA) is 0 Å². The van der Waals surface area contributed by atoms with Crippen molar-refractivity contribution in [1.29, 1.82) is 0 Å². The van der Waals surface area contributed by atoms with Crippen molar-refractivity contribution in [3.63, 3.8) is 0 Å². The zero-order valence-electron chi connectivity index (χ0n) is 6.66. The molecule has 9 heavy (non-hydrogen) atoms. The standard InChI is InChI=1S/C8H15F/c1-5-6-7(2)8(3,4)9/h6H,5H2,1-4H3/b7-6-. The predicted octanol–water partition coefficient (Wildman–Crippen LogP) is 3.09. The largest absolute Gasteiger partial charge is 0.240 e. The molecule has 0 bridgehead atoms. The van der Waals surface area contributed by atoms with Crippen molar-refractivity contribution in [2.24, 2.45) is 0 Å². The fourth-order valence-electron chi connectivity index (χ4n) is 0.549. The van der Waals surface area contributed by atoms with Crippen LogP contribution in [-0.4, -0.2) is 5.67 Å². The molecular formula is C8H15F. The first-order valence-corrected chi connectivity index (χ1v) is 3.34. The lowest BCUT2D eigenvalue weighted by molar-refractivity contribution is 0.267. The number of hydrogen-bond acceptors (Lipinski definition) is 0. The van der Waals surface area contributed by atoms with Crippen LogP contribution in [0.3, 0.4) is 0 Å². The minimum Gasteiger partial charge on any atom is -0.240 e. The molecule has 0 spiro atoms. The van der Waals surface area contributed by atoms with Crippen molar-refractivity contribution in [1.82, 2.24) is 0 Å². The molecule has 0 radical (unpaired) electrons. The molecule has 0 heterocycles. The third kappa shape index (κ3) is 3.28. The maximum Gasteiger partial charge on any atom is 0.126 e. The van der Waals surface area contributed by atoms with Crippen LogP contribution in [0.5, 0.6) is 0 Å². The summed E-state index contributed by atoms with van der Waals surface area (Å²) in [5.74, 6) is 0. The summed E-state index contributed by atoms with van der Waals surface area (Å²) in [4.78, 5) is 0. The first-order valence-electron chi connectivity index (χ1n) is 3.34. The molecule has 0 nitrogen and oxygen atoms in total. The second-order valence-corrected chi connectivity index (χ2v) is 2.77. The number of halogens is 1. The van der Waals surface area contributed by atoms with Crippen LogP contribution in [-0.2, 0) is 0 Å². The van der Waals surface area contributed by atoms with E-state index in [0.29, 0.717) is 0 Å². The van der Waals surface area contributed by atoms with Gasteiger partial charge in [-0.3, -0.25) is 0 Å². The average molecular weight is 130 g/mol. The molecule has 1 heteroatoms. The third-order valence-electron chi connectivity index (χ3n) is 1.45. The highest BCUT2D eigenvalue weighted by Gasteiger charge is 2.16. The Morgan fingerprint density at radius 3 is 2.11 bits per heavy atom. The number of alkyl halides is 1. The van der Waals surface area contributed by atoms with Gasteiger partial charge in [-0.05, 0) is 32.8 Å². The van der Waals surface area contributed by atoms with Crippen LogP contribution in [0.25, 0.3) is 0 Å². The van der Waals surface area contributed by atoms with Crippen molar-refractivity contribution in [3.05, 3.63) is 11.6 Å². The lowest BCUT2D eigenvalue weighted by atomic mass is 10.0. The highest BCUT2D eigenvalue weighted by Crippen LogP contribution is 2.19. The Labute approximate surface area is 56.8 Å². The fourth-order valence-corrected chi connectivity index (χ4v) is 0.549. The third-order valence-corrected chi connectivity index (χ3v) is 1.45. The summed E-state index contributed by atoms with van der Waals surface area (Å²) in [5, 5.41) is 0. The van der Waals surface area contributed by atoms with Crippen molar-refractivity contribution in [2.45, 2.75) is 39.8 Å². The molecule has 54 valence electrons. The van der Waals surface area contributed by atoms with Gasteiger partial charge in [0.25, 0.3) is 0 Å². The second-order valence-electron chi connectivity index (χ2n) is 2.77. The molecule has 0 rings (SSSR count). The summed E-state index contributed by atoms with van der Waals surface area (Å²) in [6.45, 7) is 6.99. The van der Waals surface area contributed by atoms with E-state index in [9.17, 15) is 4.39 Å². The SMILES string of the molecule is CC/C=C(/C)C(C)(C)F. The molecule has 0 aliphatic rings. The number of allylic oxidation sites excluding steroid dienone is 2. The van der Waals surface area contributed by atoms with Crippen LogP contribution in [0.4, 0.5) is 4.39 Å². The Morgan fingerprint density at radius 1 is 1.56 bits per heavy atom. The van der Waals surface area contributed by atoms with E-state index in [4.69, 9.17) is 0 Å². The maximum atomic E-state index is 12.9.